The Labute approximate surface area is 155 Å². The number of nitrogens with two attached hydrogens (primary N) is 2. The van der Waals surface area contributed by atoms with E-state index in [1.165, 1.54) is 17.7 Å². The van der Waals surface area contributed by atoms with Crippen LogP contribution < -0.4 is 33.9 Å². The first-order chi connectivity index (χ1) is 11.6. The fraction of sp³-hybridized carbons (Fsp3) is 0.0526. The number of benzene rings is 3. The van der Waals surface area contributed by atoms with Crippen molar-refractivity contribution in [1.82, 2.24) is 0 Å². The van der Waals surface area contributed by atoms with Gasteiger partial charge >= 0.3 is 15.2 Å². The molecule has 0 spiro atoms. The van der Waals surface area contributed by atoms with Gasteiger partial charge in [0.15, 0.2) is 0 Å². The van der Waals surface area contributed by atoms with Crippen molar-refractivity contribution in [2.45, 2.75) is 0 Å². The molecule has 3 nitrogen and oxygen atoms in total. The van der Waals surface area contributed by atoms with Crippen molar-refractivity contribution >= 4 is 59.5 Å². The van der Waals surface area contributed by atoms with Gasteiger partial charge in [-0.2, -0.15) is 0 Å². The maximum absolute atomic E-state index is 5.76. The monoisotopic (exact) mass is 344 g/mol. The first-order valence-electron chi connectivity index (χ1n) is 7.73. The fourth-order valence-electron chi connectivity index (χ4n) is 2.49. The van der Waals surface area contributed by atoms with Gasteiger partial charge in [0.2, 0.25) is 0 Å². The van der Waals surface area contributed by atoms with Crippen molar-refractivity contribution < 1.29 is 4.74 Å². The number of anilines is 2. The molecule has 0 unspecified atom stereocenters. The molecule has 2 radical (unpaired) electrons. The molecule has 0 saturated heterocycles. The fourth-order valence-corrected chi connectivity index (χ4v) is 4.97. The van der Waals surface area contributed by atoms with E-state index in [0.717, 1.165) is 17.1 Å². The number of rotatable bonds is 5. The third-order valence-electron chi connectivity index (χ3n) is 3.79. The van der Waals surface area contributed by atoms with E-state index in [4.69, 9.17) is 16.2 Å². The maximum atomic E-state index is 5.76. The number of methoxy groups -OCH3 is 1. The van der Waals surface area contributed by atoms with Crippen LogP contribution in [0.3, 0.4) is 0 Å². The van der Waals surface area contributed by atoms with E-state index in [-0.39, 0.29) is 30.4 Å². The SMILES string of the molecule is COc1c[c]([Al][c]2ccc(N)cc2)cc[c]1[Al][c]1ccc(N)cc1. The zero-order valence-electron chi connectivity index (χ0n) is 13.6. The van der Waals surface area contributed by atoms with Crippen molar-refractivity contribution in [3.05, 3.63) is 66.7 Å². The van der Waals surface area contributed by atoms with Gasteiger partial charge in [-0.05, 0) is 30.3 Å². The lowest BCUT2D eigenvalue weighted by atomic mass is 10.3. The number of ether oxygens (including phenoxy) is 1. The number of nitrogen functional groups attached to an aromatic ring is 2. The van der Waals surface area contributed by atoms with Gasteiger partial charge in [0, 0.05) is 11.4 Å². The van der Waals surface area contributed by atoms with Crippen LogP contribution in [0, 0.1) is 0 Å². The van der Waals surface area contributed by atoms with Gasteiger partial charge in [0.25, 0.3) is 15.2 Å². The van der Waals surface area contributed by atoms with Crippen molar-refractivity contribution in [3.8, 4) is 5.75 Å². The lowest BCUT2D eigenvalue weighted by molar-refractivity contribution is 0.418. The van der Waals surface area contributed by atoms with Crippen LogP contribution >= 0.6 is 0 Å². The second-order valence-corrected chi connectivity index (χ2v) is 8.82. The van der Waals surface area contributed by atoms with Crippen LogP contribution in [-0.4, -0.2) is 37.5 Å². The highest BCUT2D eigenvalue weighted by atomic mass is 27.1. The van der Waals surface area contributed by atoms with Gasteiger partial charge in [-0.15, -0.1) is 13.3 Å². The topological polar surface area (TPSA) is 61.3 Å². The lowest BCUT2D eigenvalue weighted by Crippen LogP contribution is -2.32. The van der Waals surface area contributed by atoms with Crippen LogP contribution in [0.25, 0.3) is 0 Å². The van der Waals surface area contributed by atoms with E-state index < -0.39 is 0 Å². The Hall–Kier alpha value is -1.88. The van der Waals surface area contributed by atoms with Gasteiger partial charge in [0.05, 0.1) is 7.11 Å². The van der Waals surface area contributed by atoms with Crippen molar-refractivity contribution in [2.75, 3.05) is 18.6 Å². The molecule has 0 atom stereocenters. The molecule has 24 heavy (non-hydrogen) atoms. The molecule has 0 heterocycles. The average molecular weight is 344 g/mol. The summed E-state index contributed by atoms with van der Waals surface area (Å²) in [5.41, 5.74) is 13.1. The Balaban J connectivity index is 1.79. The minimum atomic E-state index is -0.00811. The van der Waals surface area contributed by atoms with Crippen LogP contribution in [0.15, 0.2) is 66.7 Å². The van der Waals surface area contributed by atoms with Crippen LogP contribution in [0.1, 0.15) is 0 Å². The van der Waals surface area contributed by atoms with Crippen molar-refractivity contribution in [1.29, 1.82) is 0 Å². The zero-order valence-corrected chi connectivity index (χ0v) is 15.9. The first kappa shape index (κ1) is 17.0. The normalized spacial score (nSPS) is 10.2. The minimum Gasteiger partial charge on any atom is -0.498 e. The second kappa shape index (κ2) is 7.80. The summed E-state index contributed by atoms with van der Waals surface area (Å²) in [5.74, 6) is 0.974. The van der Waals surface area contributed by atoms with E-state index in [0.29, 0.717) is 0 Å². The predicted molar refractivity (Wildman–Crippen MR) is 105 cm³/mol. The van der Waals surface area contributed by atoms with Gasteiger partial charge in [-0.25, -0.2) is 0 Å². The molecule has 0 aliphatic rings. The summed E-state index contributed by atoms with van der Waals surface area (Å²) in [4.78, 5) is 0. The Bertz CT molecular complexity index is 818. The van der Waals surface area contributed by atoms with E-state index in [2.05, 4.69) is 42.5 Å². The van der Waals surface area contributed by atoms with Crippen LogP contribution in [-0.2, 0) is 0 Å². The zero-order chi connectivity index (χ0) is 16.9. The second-order valence-electron chi connectivity index (χ2n) is 5.62. The summed E-state index contributed by atoms with van der Waals surface area (Å²) in [6.07, 6.45) is 0. The van der Waals surface area contributed by atoms with E-state index in [1.807, 2.05) is 24.3 Å². The largest absolute Gasteiger partial charge is 0.498 e. The number of hydrogen-bond acceptors (Lipinski definition) is 3. The van der Waals surface area contributed by atoms with Gasteiger partial charge < -0.3 is 16.2 Å². The molecule has 3 aromatic carbocycles. The molecule has 0 aliphatic carbocycles. The molecular formula is C19H18Al2N2O. The first-order valence-corrected chi connectivity index (χ1v) is 10.0. The highest BCUT2D eigenvalue weighted by Gasteiger charge is 2.09. The lowest BCUT2D eigenvalue weighted by Gasteiger charge is -2.11. The third kappa shape index (κ3) is 4.35. The molecule has 3 aromatic rings. The summed E-state index contributed by atoms with van der Waals surface area (Å²) in [5, 5.41) is 0. The Kier molecular flexibility index (Phi) is 5.51. The summed E-state index contributed by atoms with van der Waals surface area (Å²) in [6, 6.07) is 22.8. The van der Waals surface area contributed by atoms with Crippen molar-refractivity contribution in [2.24, 2.45) is 0 Å². The van der Waals surface area contributed by atoms with Gasteiger partial charge in [0.1, 0.15) is 5.75 Å². The highest BCUT2D eigenvalue weighted by Crippen LogP contribution is 2.04. The molecule has 0 aromatic heterocycles. The molecule has 0 bridgehead atoms. The van der Waals surface area contributed by atoms with E-state index >= 15 is 0 Å². The summed E-state index contributed by atoms with van der Waals surface area (Å²) < 4.78 is 10.8. The summed E-state index contributed by atoms with van der Waals surface area (Å²) in [7, 11) is 1.74. The number of hydrogen-bond donors (Lipinski definition) is 2. The Morgan fingerprint density at radius 1 is 0.667 bits per heavy atom. The molecule has 0 aliphatic heterocycles. The third-order valence-corrected chi connectivity index (χ3v) is 6.70. The summed E-state index contributed by atoms with van der Waals surface area (Å²) >= 11 is 0.0303. The highest BCUT2D eigenvalue weighted by molar-refractivity contribution is 6.69. The van der Waals surface area contributed by atoms with Crippen LogP contribution in [0.2, 0.25) is 0 Å². The quantitative estimate of drug-likeness (QED) is 0.512. The smallest absolute Gasteiger partial charge is 0.304 e. The molecule has 4 N–H and O–H groups in total. The van der Waals surface area contributed by atoms with Crippen molar-refractivity contribution in [3.63, 3.8) is 0 Å². The maximum Gasteiger partial charge on any atom is 0.304 e. The van der Waals surface area contributed by atoms with Crippen LogP contribution in [0.4, 0.5) is 11.4 Å². The van der Waals surface area contributed by atoms with Crippen LogP contribution in [0.5, 0.6) is 5.75 Å². The Morgan fingerprint density at radius 2 is 1.17 bits per heavy atom. The molecule has 0 saturated carbocycles. The Morgan fingerprint density at radius 3 is 1.71 bits per heavy atom. The predicted octanol–water partition coefficient (Wildman–Crippen LogP) is 0.170. The van der Waals surface area contributed by atoms with E-state index in [1.54, 1.807) is 7.11 Å². The van der Waals surface area contributed by atoms with Gasteiger partial charge in [-0.1, -0.05) is 40.8 Å². The standard InChI is InChI=1S/C7H6O.2C6H6N.2Al/c1-8-7-5-3-2-4-6-7;2*7-6-4-2-1-3-5-6;;/h2-3,6H,1H3;2*2-5H,7H2;;. The molecule has 116 valence electrons. The average Bonchev–Trinajstić information content (AvgIpc) is 2.60. The molecular weight excluding hydrogens is 326 g/mol. The molecule has 3 rings (SSSR count). The molecule has 0 fully saturated rings. The molecule has 0 amide bonds. The van der Waals surface area contributed by atoms with Gasteiger partial charge in [-0.3, -0.25) is 0 Å². The van der Waals surface area contributed by atoms with E-state index in [9.17, 15) is 0 Å². The minimum absolute atomic E-state index is 0.00811. The summed E-state index contributed by atoms with van der Waals surface area (Å²) in [6.45, 7) is 0. The molecule has 5 heteroatoms.